The molecule has 2 heterocycles. The standard InChI is InChI=1S/C21H27N2.C13H15NO2.2ClH.Ru/c1-14-9-16(3)20(17(4)10-14)22-7-8-23(13-22)21-18(5)11-15(2)12-19(21)6;1-11-6-2-3-7-12(11)16-10-13(15)14-8-4-5-9-14;;;/h9-13H,7-8H2,1-6H3;1-3,6-7H,4-5,8-10H2;2*1H;/q-1;;;;+2/p-2. The van der Waals surface area contributed by atoms with Crippen molar-refractivity contribution >= 4 is 41.3 Å². The van der Waals surface area contributed by atoms with Gasteiger partial charge in [0.25, 0.3) is 0 Å². The minimum absolute atomic E-state index is 0.0400. The van der Waals surface area contributed by atoms with E-state index in [2.05, 4.69) is 82.3 Å². The molecule has 0 saturated carbocycles. The van der Waals surface area contributed by atoms with Gasteiger partial charge in [-0.2, -0.15) is 6.67 Å². The molecule has 3 aromatic carbocycles. The van der Waals surface area contributed by atoms with E-state index in [1.807, 2.05) is 33.8 Å². The zero-order valence-electron chi connectivity index (χ0n) is 25.5. The van der Waals surface area contributed by atoms with Crippen molar-refractivity contribution in [2.75, 3.05) is 42.6 Å². The Labute approximate surface area is 264 Å². The molecule has 1 amide bonds. The van der Waals surface area contributed by atoms with Crippen molar-refractivity contribution in [1.82, 2.24) is 4.90 Å². The van der Waals surface area contributed by atoms with Crippen molar-refractivity contribution in [1.29, 1.82) is 0 Å². The van der Waals surface area contributed by atoms with Crippen LogP contribution in [0.2, 0.25) is 0 Å². The van der Waals surface area contributed by atoms with Crippen molar-refractivity contribution in [2.24, 2.45) is 0 Å². The van der Waals surface area contributed by atoms with Crippen LogP contribution in [-0.2, 0) is 18.3 Å². The summed E-state index contributed by atoms with van der Waals surface area (Å²) in [5, 5.41) is 0. The van der Waals surface area contributed by atoms with Crippen LogP contribution in [0.5, 0.6) is 5.75 Å². The average molecular weight is 697 g/mol. The number of carbonyl (C=O) groups is 1. The molecule has 228 valence electrons. The number of rotatable bonds is 6. The van der Waals surface area contributed by atoms with Crippen LogP contribution in [0.15, 0.2) is 48.5 Å². The molecule has 0 atom stereocenters. The van der Waals surface area contributed by atoms with E-state index in [1.165, 1.54) is 44.8 Å². The molecule has 0 aliphatic carbocycles. The number of ether oxygens (including phenoxy) is 1. The molecule has 0 radical (unpaired) electrons. The van der Waals surface area contributed by atoms with Crippen LogP contribution in [0, 0.1) is 48.2 Å². The quantitative estimate of drug-likeness (QED) is 0.195. The molecule has 2 saturated heterocycles. The Morgan fingerprint density at radius 1 is 0.810 bits per heavy atom. The summed E-state index contributed by atoms with van der Waals surface area (Å²) in [6, 6.07) is 16.6. The predicted molar refractivity (Wildman–Crippen MR) is 175 cm³/mol. The fourth-order valence-corrected chi connectivity index (χ4v) is 7.87. The molecule has 0 N–H and O–H groups in total. The maximum atomic E-state index is 11.9. The predicted octanol–water partition coefficient (Wildman–Crippen LogP) is 7.75. The summed E-state index contributed by atoms with van der Waals surface area (Å²) in [7, 11) is 11.7. The first kappa shape index (κ1) is 32.5. The Morgan fingerprint density at radius 3 is 1.76 bits per heavy atom. The summed E-state index contributed by atoms with van der Waals surface area (Å²) in [4.78, 5) is 18.6. The zero-order chi connectivity index (χ0) is 30.4. The topological polar surface area (TPSA) is 36.0 Å². The van der Waals surface area contributed by atoms with E-state index in [9.17, 15) is 4.79 Å². The number of amides is 1. The van der Waals surface area contributed by atoms with Crippen molar-refractivity contribution < 1.29 is 23.0 Å². The van der Waals surface area contributed by atoms with E-state index < -0.39 is 13.5 Å². The SMILES string of the molecule is Cc1cc(C)c(N2[CH-]N(c3c(C)cc(C)cc3C)CC2)c(C)c1.O=C(COc1ccccc1[CH]=[Ru]([Cl])[Cl])N1CCCC1. The van der Waals surface area contributed by atoms with Crippen LogP contribution < -0.4 is 14.5 Å². The van der Waals surface area contributed by atoms with Crippen molar-refractivity contribution in [3.05, 3.63) is 94.1 Å². The number of aryl methyl sites for hydroxylation is 6. The normalized spacial score (nSPS) is 15.0. The molecular weight excluding hydrogens is 654 g/mol. The van der Waals surface area contributed by atoms with E-state index >= 15 is 0 Å². The van der Waals surface area contributed by atoms with Gasteiger partial charge < -0.3 is 9.80 Å². The number of hydrogen-bond donors (Lipinski definition) is 0. The Kier molecular flexibility index (Phi) is 11.5. The molecule has 0 spiro atoms. The van der Waals surface area contributed by atoms with Gasteiger partial charge in [-0.05, 0) is 63.8 Å². The molecule has 8 heteroatoms. The van der Waals surface area contributed by atoms with Gasteiger partial charge in [0, 0.05) is 24.5 Å². The second-order valence-corrected chi connectivity index (χ2v) is 16.9. The van der Waals surface area contributed by atoms with Gasteiger partial charge in [-0.3, -0.25) is 0 Å². The molecule has 2 fully saturated rings. The first-order chi connectivity index (χ1) is 20.0. The number of likely N-dealkylation sites (tertiary alicyclic amines) is 1. The number of carbonyl (C=O) groups excluding carboxylic acids is 1. The van der Waals surface area contributed by atoms with Crippen LogP contribution in [0.3, 0.4) is 0 Å². The van der Waals surface area contributed by atoms with Crippen LogP contribution in [0.1, 0.15) is 51.8 Å². The van der Waals surface area contributed by atoms with Crippen molar-refractivity contribution in [3.63, 3.8) is 0 Å². The van der Waals surface area contributed by atoms with Gasteiger partial charge in [0.1, 0.15) is 0 Å². The van der Waals surface area contributed by atoms with Crippen molar-refractivity contribution in [2.45, 2.75) is 54.4 Å². The third-order valence-corrected chi connectivity index (χ3v) is 9.45. The van der Waals surface area contributed by atoms with Gasteiger partial charge in [-0.25, -0.2) is 0 Å². The van der Waals surface area contributed by atoms with E-state index in [0.29, 0.717) is 5.75 Å². The van der Waals surface area contributed by atoms with E-state index in [0.717, 1.165) is 44.6 Å². The van der Waals surface area contributed by atoms with Crippen molar-refractivity contribution in [3.8, 4) is 5.75 Å². The van der Waals surface area contributed by atoms with E-state index in [4.69, 9.17) is 24.1 Å². The first-order valence-electron chi connectivity index (χ1n) is 14.4. The number of nitrogens with zero attached hydrogens (tertiary/aromatic N) is 3. The van der Waals surface area contributed by atoms with Gasteiger partial charge in [0.05, 0.1) is 0 Å². The van der Waals surface area contributed by atoms with Gasteiger partial charge in [0.15, 0.2) is 0 Å². The Hall–Kier alpha value is -2.40. The third kappa shape index (κ3) is 8.37. The maximum absolute atomic E-state index is 11.9. The minimum atomic E-state index is -1.89. The third-order valence-electron chi connectivity index (χ3n) is 7.62. The second-order valence-electron chi connectivity index (χ2n) is 11.2. The molecule has 42 heavy (non-hydrogen) atoms. The number of anilines is 2. The number of hydrogen-bond acceptors (Lipinski definition) is 4. The van der Waals surface area contributed by atoms with Gasteiger partial charge >= 0.3 is 126 Å². The summed E-state index contributed by atoms with van der Waals surface area (Å²) in [5.74, 6) is 0.702. The molecule has 0 bridgehead atoms. The van der Waals surface area contributed by atoms with E-state index in [1.54, 1.807) is 0 Å². The number of para-hydroxylation sites is 1. The first-order valence-corrected chi connectivity index (χ1v) is 19.9. The molecule has 5 rings (SSSR count). The summed E-state index contributed by atoms with van der Waals surface area (Å²) in [6.45, 7) is 19.3. The molecule has 3 aromatic rings. The zero-order valence-corrected chi connectivity index (χ0v) is 28.7. The molecule has 0 unspecified atom stereocenters. The van der Waals surface area contributed by atoms with E-state index in [-0.39, 0.29) is 12.5 Å². The summed E-state index contributed by atoms with van der Waals surface area (Å²) < 4.78 is 7.42. The molecule has 2 aliphatic heterocycles. The van der Waals surface area contributed by atoms with Crippen LogP contribution in [0.4, 0.5) is 11.4 Å². The number of benzene rings is 3. The summed E-state index contributed by atoms with van der Waals surface area (Å²) in [5.41, 5.74) is 11.7. The Morgan fingerprint density at radius 2 is 1.29 bits per heavy atom. The summed E-state index contributed by atoms with van der Waals surface area (Å²) >= 11 is -1.89. The fourth-order valence-electron chi connectivity index (χ4n) is 6.07. The second kappa shape index (κ2) is 14.9. The van der Waals surface area contributed by atoms with Crippen LogP contribution in [-0.4, -0.2) is 48.2 Å². The van der Waals surface area contributed by atoms with Gasteiger partial charge in [-0.1, -0.05) is 35.4 Å². The average Bonchev–Trinajstić information content (AvgIpc) is 3.60. The van der Waals surface area contributed by atoms with Gasteiger partial charge in [-0.15, -0.1) is 0 Å². The Bertz CT molecular complexity index is 1340. The van der Waals surface area contributed by atoms with Crippen LogP contribution in [0.25, 0.3) is 0 Å². The molecule has 2 aliphatic rings. The molecule has 5 nitrogen and oxygen atoms in total. The molecule has 0 aromatic heterocycles. The van der Waals surface area contributed by atoms with Crippen LogP contribution >= 0.6 is 19.4 Å². The molecular formula is C34H42Cl2N3O2Ru-. The van der Waals surface area contributed by atoms with Gasteiger partial charge in [0.2, 0.25) is 0 Å². The Balaban J connectivity index is 0.000000197. The summed E-state index contributed by atoms with van der Waals surface area (Å²) in [6.07, 6.45) is 2.17. The number of halogens is 2. The fraction of sp³-hybridized carbons (Fsp3) is 0.382. The monoisotopic (exact) mass is 696 g/mol.